The number of anilines is 1. The molecule has 10 nitrogen and oxygen atoms in total. The molecule has 50 heavy (non-hydrogen) atoms. The van der Waals surface area contributed by atoms with Crippen molar-refractivity contribution in [1.82, 2.24) is 10.0 Å². The molecule has 1 aliphatic rings. The fourth-order valence-electron chi connectivity index (χ4n) is 5.97. The van der Waals surface area contributed by atoms with Crippen molar-refractivity contribution in [2.75, 3.05) is 24.4 Å². The smallest absolute Gasteiger partial charge is 0.319 e. The standard InChI is InChI=1S/C21H22N2O4S.C17H20N2O2S/c1-2-27-20(24)15-22-21(23-28(25,26)17-11-4-3-5-12-17)19-14-8-10-16-9-6-7-13-18(16)19;18-12-14-6-4-5-13-11-15(9-10-17(13)14)19-22(20,21)16-7-2-1-3-8-16/h3-14,21-23H,2,15H2,1H3;1-3,7-11,14,19H,4-6,12,18H2. The summed E-state index contributed by atoms with van der Waals surface area (Å²) in [5, 5.41) is 4.84. The van der Waals surface area contributed by atoms with Gasteiger partial charge in [-0.2, -0.15) is 4.72 Å². The maximum atomic E-state index is 12.9. The first-order valence-electron chi connectivity index (χ1n) is 16.5. The fourth-order valence-corrected chi connectivity index (χ4v) is 8.22. The molecule has 12 heteroatoms. The van der Waals surface area contributed by atoms with Gasteiger partial charge in [-0.25, -0.2) is 16.8 Å². The number of hydrogen-bond acceptors (Lipinski definition) is 8. The van der Waals surface area contributed by atoms with Crippen LogP contribution >= 0.6 is 0 Å². The minimum Gasteiger partial charge on any atom is -0.465 e. The molecule has 2 unspecified atom stereocenters. The molecule has 0 amide bonds. The van der Waals surface area contributed by atoms with Crippen LogP contribution in [-0.4, -0.2) is 42.5 Å². The first-order chi connectivity index (χ1) is 24.1. The second-order valence-corrected chi connectivity index (χ2v) is 15.2. The van der Waals surface area contributed by atoms with E-state index < -0.39 is 32.2 Å². The van der Waals surface area contributed by atoms with Gasteiger partial charge in [0.05, 0.1) is 29.1 Å². The van der Waals surface area contributed by atoms with Crippen LogP contribution in [0.25, 0.3) is 10.8 Å². The zero-order chi connectivity index (χ0) is 35.6. The molecule has 0 fully saturated rings. The number of rotatable bonds is 12. The summed E-state index contributed by atoms with van der Waals surface area (Å²) in [6.45, 7) is 2.49. The predicted molar refractivity (Wildman–Crippen MR) is 197 cm³/mol. The lowest BCUT2D eigenvalue weighted by Crippen LogP contribution is -2.40. The normalized spacial score (nSPS) is 14.9. The SMILES string of the molecule is CCOC(=O)CNC(NS(=O)(=O)c1ccccc1)c1cccc2ccccc12.NCC1CCCc2cc(NS(=O)(=O)c3ccccc3)ccc21. The number of hydrogen-bond donors (Lipinski definition) is 4. The Bertz CT molecular complexity index is 2110. The van der Waals surface area contributed by atoms with E-state index in [2.05, 4.69) is 14.8 Å². The second kappa shape index (κ2) is 16.9. The highest BCUT2D eigenvalue weighted by Crippen LogP contribution is 2.33. The topological polar surface area (TPSA) is 157 Å². The third kappa shape index (κ3) is 9.34. The molecule has 0 radical (unpaired) electrons. The largest absolute Gasteiger partial charge is 0.465 e. The van der Waals surface area contributed by atoms with Crippen LogP contribution in [-0.2, 0) is 36.0 Å². The molecular weight excluding hydrogens is 673 g/mol. The van der Waals surface area contributed by atoms with E-state index in [4.69, 9.17) is 10.5 Å². The van der Waals surface area contributed by atoms with Gasteiger partial charge >= 0.3 is 5.97 Å². The van der Waals surface area contributed by atoms with Crippen molar-refractivity contribution < 1.29 is 26.4 Å². The van der Waals surface area contributed by atoms with Crippen molar-refractivity contribution in [3.63, 3.8) is 0 Å². The quantitative estimate of drug-likeness (QED) is 0.0929. The number of aryl methyl sites for hydroxylation is 1. The van der Waals surface area contributed by atoms with Crippen molar-refractivity contribution in [3.05, 3.63) is 138 Å². The Morgan fingerprint density at radius 2 is 1.46 bits per heavy atom. The average molecular weight is 715 g/mol. The Balaban J connectivity index is 0.000000200. The van der Waals surface area contributed by atoms with Crippen LogP contribution in [0.2, 0.25) is 0 Å². The molecule has 2 atom stereocenters. The Kier molecular flexibility index (Phi) is 12.4. The molecule has 0 saturated carbocycles. The van der Waals surface area contributed by atoms with E-state index in [1.807, 2.05) is 60.7 Å². The van der Waals surface area contributed by atoms with Gasteiger partial charge in [0, 0.05) is 5.69 Å². The third-order valence-corrected chi connectivity index (χ3v) is 11.2. The molecule has 0 spiro atoms. The number of nitrogens with two attached hydrogens (primary N) is 1. The monoisotopic (exact) mass is 714 g/mol. The summed E-state index contributed by atoms with van der Waals surface area (Å²) in [6.07, 6.45) is 2.38. The van der Waals surface area contributed by atoms with Gasteiger partial charge in [0.1, 0.15) is 0 Å². The minimum atomic E-state index is -3.80. The number of nitrogens with one attached hydrogen (secondary N) is 3. The van der Waals surface area contributed by atoms with Crippen molar-refractivity contribution in [1.29, 1.82) is 0 Å². The first kappa shape index (κ1) is 36.7. The molecule has 262 valence electrons. The van der Waals surface area contributed by atoms with E-state index >= 15 is 0 Å². The number of carbonyl (C=O) groups excluding carboxylic acids is 1. The summed E-state index contributed by atoms with van der Waals surface area (Å²) in [5.74, 6) is -0.0600. The summed E-state index contributed by atoms with van der Waals surface area (Å²) >= 11 is 0. The predicted octanol–water partition coefficient (Wildman–Crippen LogP) is 5.84. The molecule has 1 aliphatic carbocycles. The van der Waals surface area contributed by atoms with Gasteiger partial charge < -0.3 is 10.5 Å². The van der Waals surface area contributed by atoms with Gasteiger partial charge in [-0.3, -0.25) is 14.8 Å². The average Bonchev–Trinajstić information content (AvgIpc) is 3.13. The van der Waals surface area contributed by atoms with Crippen LogP contribution in [0.3, 0.4) is 0 Å². The Morgan fingerprint density at radius 3 is 2.14 bits per heavy atom. The minimum absolute atomic E-state index is 0.126. The molecular formula is C38H42N4O6S2. The molecule has 0 aliphatic heterocycles. The van der Waals surface area contributed by atoms with Crippen LogP contribution in [0.15, 0.2) is 131 Å². The highest BCUT2D eigenvalue weighted by Gasteiger charge is 2.24. The van der Waals surface area contributed by atoms with E-state index in [1.165, 1.54) is 23.3 Å². The number of fused-ring (bicyclic) bond motifs is 2. The van der Waals surface area contributed by atoms with E-state index in [9.17, 15) is 21.6 Å². The number of ether oxygens (including phenoxy) is 1. The number of carbonyl (C=O) groups is 1. The van der Waals surface area contributed by atoms with Crippen molar-refractivity contribution in [3.8, 4) is 0 Å². The molecule has 6 rings (SSSR count). The molecule has 0 bridgehead atoms. The molecule has 0 saturated heterocycles. The maximum Gasteiger partial charge on any atom is 0.319 e. The lowest BCUT2D eigenvalue weighted by Gasteiger charge is -2.25. The molecule has 0 heterocycles. The highest BCUT2D eigenvalue weighted by molar-refractivity contribution is 7.92. The summed E-state index contributed by atoms with van der Waals surface area (Å²) < 4.78 is 60.7. The molecule has 5 aromatic carbocycles. The van der Waals surface area contributed by atoms with Gasteiger partial charge in [-0.1, -0.05) is 84.9 Å². The zero-order valence-corrected chi connectivity index (χ0v) is 29.4. The first-order valence-corrected chi connectivity index (χ1v) is 19.4. The highest BCUT2D eigenvalue weighted by atomic mass is 32.2. The van der Waals surface area contributed by atoms with E-state index in [1.54, 1.807) is 55.5 Å². The fraction of sp³-hybridized carbons (Fsp3) is 0.237. The lowest BCUT2D eigenvalue weighted by atomic mass is 9.83. The summed E-state index contributed by atoms with van der Waals surface area (Å²) in [5.41, 5.74) is 9.62. The zero-order valence-electron chi connectivity index (χ0n) is 27.8. The second-order valence-electron chi connectivity index (χ2n) is 11.8. The van der Waals surface area contributed by atoms with Gasteiger partial charge in [0.2, 0.25) is 10.0 Å². The summed E-state index contributed by atoms with van der Waals surface area (Å²) in [6, 6.07) is 35.6. The lowest BCUT2D eigenvalue weighted by molar-refractivity contribution is -0.142. The van der Waals surface area contributed by atoms with Crippen LogP contribution in [0.1, 0.15) is 48.5 Å². The number of benzene rings is 5. The maximum absolute atomic E-state index is 12.9. The molecule has 0 aromatic heterocycles. The van der Waals surface area contributed by atoms with Crippen molar-refractivity contribution >= 4 is 42.5 Å². The van der Waals surface area contributed by atoms with Crippen LogP contribution < -0.4 is 20.5 Å². The molecule has 5 N–H and O–H groups in total. The summed E-state index contributed by atoms with van der Waals surface area (Å²) in [4.78, 5) is 12.2. The van der Waals surface area contributed by atoms with Gasteiger partial charge in [0.15, 0.2) is 0 Å². The van der Waals surface area contributed by atoms with Gasteiger partial charge in [-0.05, 0) is 103 Å². The Morgan fingerprint density at radius 1 is 0.820 bits per heavy atom. The van der Waals surface area contributed by atoms with Crippen LogP contribution in [0, 0.1) is 0 Å². The van der Waals surface area contributed by atoms with Crippen LogP contribution in [0.5, 0.6) is 0 Å². The van der Waals surface area contributed by atoms with Gasteiger partial charge in [-0.15, -0.1) is 0 Å². The van der Waals surface area contributed by atoms with Crippen molar-refractivity contribution in [2.45, 2.75) is 48.1 Å². The Labute approximate surface area is 294 Å². The van der Waals surface area contributed by atoms with Crippen LogP contribution in [0.4, 0.5) is 5.69 Å². The van der Waals surface area contributed by atoms with E-state index in [-0.39, 0.29) is 22.9 Å². The van der Waals surface area contributed by atoms with E-state index in [0.29, 0.717) is 18.2 Å². The summed E-state index contributed by atoms with van der Waals surface area (Å²) in [7, 11) is -7.33. The number of esters is 1. The third-order valence-electron chi connectivity index (χ3n) is 8.39. The Hall–Kier alpha value is -4.59. The molecule has 5 aromatic rings. The van der Waals surface area contributed by atoms with Gasteiger partial charge in [0.25, 0.3) is 10.0 Å². The van der Waals surface area contributed by atoms with Crippen molar-refractivity contribution in [2.24, 2.45) is 5.73 Å². The number of sulfonamides is 2. The van der Waals surface area contributed by atoms with E-state index in [0.717, 1.165) is 35.6 Å².